The summed E-state index contributed by atoms with van der Waals surface area (Å²) in [6.45, 7) is -0.0587. The average molecular weight is 492 g/mol. The quantitative estimate of drug-likeness (QED) is 0.481. The monoisotopic (exact) mass is 492 g/mol. The molecule has 1 amide bonds. The number of sulfonamides is 1. The van der Waals surface area contributed by atoms with E-state index in [1.165, 1.54) is 18.2 Å². The zero-order chi connectivity index (χ0) is 24.9. The lowest BCUT2D eigenvalue weighted by molar-refractivity contribution is -0.137. The number of rotatable bonds is 7. The Morgan fingerprint density at radius 3 is 2.26 bits per heavy atom. The number of anilines is 1. The van der Waals surface area contributed by atoms with Gasteiger partial charge < -0.3 is 10.1 Å². The van der Waals surface area contributed by atoms with Crippen LogP contribution in [0.25, 0.3) is 0 Å². The zero-order valence-electron chi connectivity index (χ0n) is 17.7. The van der Waals surface area contributed by atoms with Crippen molar-refractivity contribution < 1.29 is 35.9 Å². The normalized spacial score (nSPS) is 11.5. The second kappa shape index (κ2) is 9.96. The van der Waals surface area contributed by atoms with Crippen LogP contribution in [0.5, 0.6) is 0 Å². The Bertz CT molecular complexity index is 1310. The van der Waals surface area contributed by atoms with Gasteiger partial charge in [-0.3, -0.25) is 9.52 Å². The molecule has 3 aromatic rings. The number of halogens is 3. The van der Waals surface area contributed by atoms with Crippen molar-refractivity contribution in [1.29, 1.82) is 0 Å². The van der Waals surface area contributed by atoms with E-state index >= 15 is 0 Å². The number of carbonyl (C=O) groups excluding carboxylic acids is 2. The number of ether oxygens (including phenoxy) is 1. The molecule has 0 bridgehead atoms. The number of alkyl halides is 3. The second-order valence-corrected chi connectivity index (χ2v) is 8.77. The summed E-state index contributed by atoms with van der Waals surface area (Å²) in [5.74, 6) is -1.16. The van der Waals surface area contributed by atoms with Crippen LogP contribution in [0.1, 0.15) is 31.8 Å². The predicted octanol–water partition coefficient (Wildman–Crippen LogP) is 4.22. The highest BCUT2D eigenvalue weighted by atomic mass is 32.2. The molecule has 0 heterocycles. The molecular formula is C23H19F3N2O5S. The van der Waals surface area contributed by atoms with Gasteiger partial charge in [-0.2, -0.15) is 13.2 Å². The molecule has 0 aliphatic heterocycles. The van der Waals surface area contributed by atoms with Gasteiger partial charge in [-0.05, 0) is 54.1 Å². The summed E-state index contributed by atoms with van der Waals surface area (Å²) in [7, 11) is -3.29. The minimum Gasteiger partial charge on any atom is -0.465 e. The van der Waals surface area contributed by atoms with Crippen molar-refractivity contribution in [3.63, 3.8) is 0 Å². The number of hydrogen-bond donors (Lipinski definition) is 2. The third-order valence-corrected chi connectivity index (χ3v) is 6.01. The molecule has 2 N–H and O–H groups in total. The van der Waals surface area contributed by atoms with Gasteiger partial charge >= 0.3 is 12.1 Å². The number of methoxy groups -OCH3 is 1. The Kier molecular flexibility index (Phi) is 7.26. The van der Waals surface area contributed by atoms with E-state index in [1.807, 2.05) is 0 Å². The van der Waals surface area contributed by atoms with Crippen LogP contribution in [0, 0.1) is 0 Å². The van der Waals surface area contributed by atoms with Crippen molar-refractivity contribution >= 4 is 27.6 Å². The predicted molar refractivity (Wildman–Crippen MR) is 118 cm³/mol. The Morgan fingerprint density at radius 2 is 1.62 bits per heavy atom. The first-order valence-electron chi connectivity index (χ1n) is 9.75. The molecule has 0 saturated heterocycles. The van der Waals surface area contributed by atoms with Crippen LogP contribution >= 0.6 is 0 Å². The summed E-state index contributed by atoms with van der Waals surface area (Å²) in [4.78, 5) is 23.7. The van der Waals surface area contributed by atoms with E-state index in [-0.39, 0.29) is 17.8 Å². The van der Waals surface area contributed by atoms with Gasteiger partial charge in [-0.25, -0.2) is 13.2 Å². The number of amides is 1. The van der Waals surface area contributed by atoms with Crippen molar-refractivity contribution in [2.75, 3.05) is 11.8 Å². The topological polar surface area (TPSA) is 102 Å². The van der Waals surface area contributed by atoms with E-state index in [0.717, 1.165) is 25.3 Å². The zero-order valence-corrected chi connectivity index (χ0v) is 18.5. The SMILES string of the molecule is COC(=O)c1cc(CNC(=O)c2ccccc2)cc(NS(=O)(=O)c2cccc(C(F)(F)F)c2)c1. The molecule has 3 aromatic carbocycles. The van der Waals surface area contributed by atoms with Gasteiger partial charge in [-0.1, -0.05) is 24.3 Å². The third kappa shape index (κ3) is 6.13. The molecule has 0 spiro atoms. The summed E-state index contributed by atoms with van der Waals surface area (Å²) in [5, 5.41) is 2.65. The fraction of sp³-hybridized carbons (Fsp3) is 0.130. The van der Waals surface area contributed by atoms with Gasteiger partial charge in [0.15, 0.2) is 0 Å². The van der Waals surface area contributed by atoms with Crippen molar-refractivity contribution in [3.05, 3.63) is 95.1 Å². The van der Waals surface area contributed by atoms with Crippen molar-refractivity contribution in [3.8, 4) is 0 Å². The summed E-state index contributed by atoms with van der Waals surface area (Å²) in [6, 6.07) is 15.5. The highest BCUT2D eigenvalue weighted by Crippen LogP contribution is 2.31. The van der Waals surface area contributed by atoms with Crippen LogP contribution in [0.15, 0.2) is 77.7 Å². The number of hydrogen-bond acceptors (Lipinski definition) is 5. The van der Waals surface area contributed by atoms with Gasteiger partial charge in [0.05, 0.1) is 28.8 Å². The maximum absolute atomic E-state index is 13.0. The lowest BCUT2D eigenvalue weighted by Gasteiger charge is -2.13. The van der Waals surface area contributed by atoms with Crippen LogP contribution < -0.4 is 10.0 Å². The molecule has 0 aromatic heterocycles. The van der Waals surface area contributed by atoms with Gasteiger partial charge in [0.25, 0.3) is 15.9 Å². The molecule has 7 nitrogen and oxygen atoms in total. The average Bonchev–Trinajstić information content (AvgIpc) is 2.81. The molecule has 0 unspecified atom stereocenters. The summed E-state index contributed by atoms with van der Waals surface area (Å²) in [6.07, 6.45) is -4.72. The highest BCUT2D eigenvalue weighted by molar-refractivity contribution is 7.92. The minimum atomic E-state index is -4.72. The minimum absolute atomic E-state index is 0.0179. The standard InChI is InChI=1S/C23H19F3N2O5S/c1-33-22(30)17-10-15(14-27-21(29)16-6-3-2-4-7-16)11-19(12-17)28-34(31,32)20-9-5-8-18(13-20)23(24,25)26/h2-13,28H,14H2,1H3,(H,27,29). The number of esters is 1. The van der Waals surface area contributed by atoms with E-state index in [1.54, 1.807) is 30.3 Å². The molecule has 11 heteroatoms. The molecule has 0 saturated carbocycles. The van der Waals surface area contributed by atoms with Gasteiger partial charge in [-0.15, -0.1) is 0 Å². The van der Waals surface area contributed by atoms with Crippen LogP contribution in [-0.2, 0) is 27.5 Å². The maximum Gasteiger partial charge on any atom is 0.416 e. The van der Waals surface area contributed by atoms with E-state index in [9.17, 15) is 31.2 Å². The Morgan fingerprint density at radius 1 is 0.912 bits per heavy atom. The second-order valence-electron chi connectivity index (χ2n) is 7.09. The van der Waals surface area contributed by atoms with Crippen LogP contribution in [0.3, 0.4) is 0 Å². The molecule has 0 radical (unpaired) electrons. The first-order valence-corrected chi connectivity index (χ1v) is 11.2. The number of carbonyl (C=O) groups is 2. The van der Waals surface area contributed by atoms with Gasteiger partial charge in [0.1, 0.15) is 0 Å². The molecule has 3 rings (SSSR count). The number of benzene rings is 3. The maximum atomic E-state index is 13.0. The van der Waals surface area contributed by atoms with Crippen LogP contribution in [0.4, 0.5) is 18.9 Å². The molecule has 0 aliphatic rings. The smallest absolute Gasteiger partial charge is 0.416 e. The van der Waals surface area contributed by atoms with Gasteiger partial charge in [0, 0.05) is 12.1 Å². The van der Waals surface area contributed by atoms with Gasteiger partial charge in [0.2, 0.25) is 0 Å². The molecule has 0 fully saturated rings. The largest absolute Gasteiger partial charge is 0.465 e. The fourth-order valence-electron chi connectivity index (χ4n) is 3.02. The summed E-state index contributed by atoms with van der Waals surface area (Å²) >= 11 is 0. The fourth-order valence-corrected chi connectivity index (χ4v) is 4.10. The van der Waals surface area contributed by atoms with Crippen molar-refractivity contribution in [1.82, 2.24) is 5.32 Å². The lowest BCUT2D eigenvalue weighted by Crippen LogP contribution is -2.23. The van der Waals surface area contributed by atoms with Crippen molar-refractivity contribution in [2.24, 2.45) is 0 Å². The molecule has 178 valence electrons. The molecule has 0 atom stereocenters. The van der Waals surface area contributed by atoms with Crippen LogP contribution in [0.2, 0.25) is 0 Å². The van der Waals surface area contributed by atoms with E-state index in [2.05, 4.69) is 14.8 Å². The molecule has 0 aliphatic carbocycles. The third-order valence-electron chi connectivity index (χ3n) is 4.63. The Balaban J connectivity index is 1.88. The first kappa shape index (κ1) is 24.8. The summed E-state index contributed by atoms with van der Waals surface area (Å²) < 4.78 is 71.3. The molecule has 34 heavy (non-hydrogen) atoms. The Labute approximate surface area is 193 Å². The summed E-state index contributed by atoms with van der Waals surface area (Å²) in [5.41, 5.74) is -0.478. The van der Waals surface area contributed by atoms with E-state index in [4.69, 9.17) is 0 Å². The van der Waals surface area contributed by atoms with Crippen molar-refractivity contribution in [2.45, 2.75) is 17.6 Å². The van der Waals surface area contributed by atoms with E-state index in [0.29, 0.717) is 17.2 Å². The Hall–Kier alpha value is -3.86. The molecular weight excluding hydrogens is 473 g/mol. The lowest BCUT2D eigenvalue weighted by atomic mass is 10.1. The number of nitrogens with one attached hydrogen (secondary N) is 2. The van der Waals surface area contributed by atoms with Crippen LogP contribution in [-0.4, -0.2) is 27.4 Å². The van der Waals surface area contributed by atoms with E-state index < -0.39 is 38.5 Å². The first-order chi connectivity index (χ1) is 16.0. The highest BCUT2D eigenvalue weighted by Gasteiger charge is 2.31.